The summed E-state index contributed by atoms with van der Waals surface area (Å²) in [5.74, 6) is -0.777. The number of likely N-dealkylation sites (tertiary alicyclic amines) is 1. The zero-order chi connectivity index (χ0) is 10.0. The van der Waals surface area contributed by atoms with Crippen LogP contribution in [0.2, 0.25) is 0 Å². The standard InChI is InChI=1S/C9H12N2O3/c1-11-8(12)5-4-2-3(10)7(14-4)6(5)9(11)13/h3-7H,2,10H2,1H3. The van der Waals surface area contributed by atoms with E-state index in [1.165, 1.54) is 11.9 Å². The first-order valence-electron chi connectivity index (χ1n) is 4.83. The van der Waals surface area contributed by atoms with Crippen molar-refractivity contribution in [3.05, 3.63) is 0 Å². The molecule has 3 fully saturated rings. The average molecular weight is 196 g/mol. The number of amides is 2. The van der Waals surface area contributed by atoms with Gasteiger partial charge in [-0.25, -0.2) is 0 Å². The van der Waals surface area contributed by atoms with Crippen LogP contribution in [0.5, 0.6) is 0 Å². The van der Waals surface area contributed by atoms with Crippen molar-refractivity contribution in [2.45, 2.75) is 24.7 Å². The molecule has 0 spiro atoms. The van der Waals surface area contributed by atoms with Gasteiger partial charge in [-0.05, 0) is 6.42 Å². The van der Waals surface area contributed by atoms with Gasteiger partial charge in [0.05, 0.1) is 24.0 Å². The van der Waals surface area contributed by atoms with Gasteiger partial charge < -0.3 is 10.5 Å². The van der Waals surface area contributed by atoms with Crippen LogP contribution >= 0.6 is 0 Å². The van der Waals surface area contributed by atoms with E-state index < -0.39 is 0 Å². The first kappa shape index (κ1) is 8.38. The van der Waals surface area contributed by atoms with E-state index in [1.54, 1.807) is 0 Å². The molecule has 2 N–H and O–H groups in total. The second kappa shape index (κ2) is 2.35. The van der Waals surface area contributed by atoms with Crippen molar-refractivity contribution in [2.75, 3.05) is 7.05 Å². The molecule has 76 valence electrons. The number of fused-ring (bicyclic) bond motifs is 5. The number of carbonyl (C=O) groups is 2. The number of nitrogens with zero attached hydrogens (tertiary/aromatic N) is 1. The van der Waals surface area contributed by atoms with Crippen LogP contribution in [0, 0.1) is 11.8 Å². The summed E-state index contributed by atoms with van der Waals surface area (Å²) in [5, 5.41) is 0. The summed E-state index contributed by atoms with van der Waals surface area (Å²) in [5.41, 5.74) is 5.82. The van der Waals surface area contributed by atoms with Gasteiger partial charge in [-0.3, -0.25) is 14.5 Å². The highest BCUT2D eigenvalue weighted by Gasteiger charge is 2.63. The van der Waals surface area contributed by atoms with Crippen molar-refractivity contribution in [1.82, 2.24) is 4.90 Å². The predicted molar refractivity (Wildman–Crippen MR) is 46.0 cm³/mol. The molecule has 5 nitrogen and oxygen atoms in total. The fourth-order valence-electron chi connectivity index (χ4n) is 2.94. The van der Waals surface area contributed by atoms with Crippen LogP contribution in [0.4, 0.5) is 0 Å². The topological polar surface area (TPSA) is 72.6 Å². The van der Waals surface area contributed by atoms with Crippen LogP contribution in [0.15, 0.2) is 0 Å². The Hall–Kier alpha value is -0.940. The molecule has 0 radical (unpaired) electrons. The number of hydrogen-bond acceptors (Lipinski definition) is 4. The molecule has 0 saturated carbocycles. The first-order valence-corrected chi connectivity index (χ1v) is 4.83. The Labute approximate surface area is 81.2 Å². The minimum absolute atomic E-state index is 0.0792. The Morgan fingerprint density at radius 2 is 2.00 bits per heavy atom. The second-order valence-electron chi connectivity index (χ2n) is 4.33. The third-order valence-electron chi connectivity index (χ3n) is 3.63. The molecule has 0 aromatic carbocycles. The summed E-state index contributed by atoms with van der Waals surface area (Å²) >= 11 is 0. The predicted octanol–water partition coefficient (Wildman–Crippen LogP) is -1.28. The van der Waals surface area contributed by atoms with Gasteiger partial charge in [0.1, 0.15) is 0 Å². The Morgan fingerprint density at radius 3 is 2.71 bits per heavy atom. The molecule has 3 rings (SSSR count). The van der Waals surface area contributed by atoms with Crippen LogP contribution in [-0.2, 0) is 14.3 Å². The number of carbonyl (C=O) groups excluding carboxylic acids is 2. The van der Waals surface area contributed by atoms with Gasteiger partial charge in [-0.15, -0.1) is 0 Å². The molecule has 2 bridgehead atoms. The van der Waals surface area contributed by atoms with E-state index in [-0.39, 0.29) is 41.9 Å². The van der Waals surface area contributed by atoms with E-state index in [9.17, 15) is 9.59 Å². The molecule has 0 aromatic heterocycles. The SMILES string of the molecule is CN1C(=O)C2C3CC(N)C(O3)C2C1=O. The van der Waals surface area contributed by atoms with Gasteiger partial charge in [0, 0.05) is 13.1 Å². The maximum absolute atomic E-state index is 11.7. The monoisotopic (exact) mass is 196 g/mol. The lowest BCUT2D eigenvalue weighted by atomic mass is 9.79. The summed E-state index contributed by atoms with van der Waals surface area (Å²) < 4.78 is 5.55. The summed E-state index contributed by atoms with van der Waals surface area (Å²) in [6.07, 6.45) is 0.353. The summed E-state index contributed by atoms with van der Waals surface area (Å²) in [4.78, 5) is 24.6. The normalized spacial score (nSPS) is 50.4. The van der Waals surface area contributed by atoms with E-state index in [0.717, 1.165) is 0 Å². The molecule has 0 aromatic rings. The number of imide groups is 1. The van der Waals surface area contributed by atoms with Gasteiger partial charge in [-0.1, -0.05) is 0 Å². The van der Waals surface area contributed by atoms with Crippen molar-refractivity contribution in [3.8, 4) is 0 Å². The van der Waals surface area contributed by atoms with E-state index in [0.29, 0.717) is 6.42 Å². The quantitative estimate of drug-likeness (QED) is 0.489. The van der Waals surface area contributed by atoms with E-state index in [4.69, 9.17) is 10.5 Å². The number of ether oxygens (including phenoxy) is 1. The molecular formula is C9H12N2O3. The lowest BCUT2D eigenvalue weighted by molar-refractivity contribution is -0.140. The second-order valence-corrected chi connectivity index (χ2v) is 4.33. The zero-order valence-corrected chi connectivity index (χ0v) is 7.84. The molecule has 0 aliphatic carbocycles. The summed E-state index contributed by atoms with van der Waals surface area (Å²) in [7, 11) is 1.54. The van der Waals surface area contributed by atoms with E-state index in [2.05, 4.69) is 0 Å². The molecule has 2 amide bonds. The molecule has 3 saturated heterocycles. The van der Waals surface area contributed by atoms with Crippen molar-refractivity contribution in [3.63, 3.8) is 0 Å². The highest BCUT2D eigenvalue weighted by atomic mass is 16.5. The smallest absolute Gasteiger partial charge is 0.235 e. The minimum atomic E-state index is -0.304. The lowest BCUT2D eigenvalue weighted by Gasteiger charge is -2.21. The molecule has 5 unspecified atom stereocenters. The van der Waals surface area contributed by atoms with Gasteiger partial charge in [-0.2, -0.15) is 0 Å². The molecule has 14 heavy (non-hydrogen) atoms. The Balaban J connectivity index is 2.01. The molecule has 5 heteroatoms. The number of hydrogen-bond donors (Lipinski definition) is 1. The Morgan fingerprint density at radius 1 is 1.36 bits per heavy atom. The molecular weight excluding hydrogens is 184 g/mol. The lowest BCUT2D eigenvalue weighted by Crippen LogP contribution is -2.43. The fraction of sp³-hybridized carbons (Fsp3) is 0.778. The van der Waals surface area contributed by atoms with Gasteiger partial charge >= 0.3 is 0 Å². The third kappa shape index (κ3) is 0.734. The fourth-order valence-corrected chi connectivity index (χ4v) is 2.94. The van der Waals surface area contributed by atoms with Crippen LogP contribution in [0.25, 0.3) is 0 Å². The van der Waals surface area contributed by atoms with Crippen molar-refractivity contribution in [1.29, 1.82) is 0 Å². The van der Waals surface area contributed by atoms with Crippen molar-refractivity contribution in [2.24, 2.45) is 17.6 Å². The summed E-state index contributed by atoms with van der Waals surface area (Å²) in [6, 6.07) is -0.0792. The van der Waals surface area contributed by atoms with Crippen molar-refractivity contribution < 1.29 is 14.3 Å². The Kier molecular flexibility index (Phi) is 1.41. The highest BCUT2D eigenvalue weighted by Crippen LogP contribution is 2.47. The molecule has 3 aliphatic rings. The first-order chi connectivity index (χ1) is 6.61. The average Bonchev–Trinajstić information content (AvgIpc) is 2.74. The minimum Gasteiger partial charge on any atom is -0.372 e. The van der Waals surface area contributed by atoms with E-state index in [1.807, 2.05) is 0 Å². The number of nitrogens with two attached hydrogens (primary N) is 1. The summed E-state index contributed by atoms with van der Waals surface area (Å²) in [6.45, 7) is 0. The van der Waals surface area contributed by atoms with Crippen LogP contribution in [0.1, 0.15) is 6.42 Å². The zero-order valence-electron chi connectivity index (χ0n) is 7.84. The van der Waals surface area contributed by atoms with Crippen molar-refractivity contribution >= 4 is 11.8 Å². The van der Waals surface area contributed by atoms with Gasteiger partial charge in [0.2, 0.25) is 11.8 Å². The maximum atomic E-state index is 11.7. The number of rotatable bonds is 0. The highest BCUT2D eigenvalue weighted by molar-refractivity contribution is 6.06. The van der Waals surface area contributed by atoms with Gasteiger partial charge in [0.25, 0.3) is 0 Å². The molecule has 3 heterocycles. The molecule has 5 atom stereocenters. The Bertz CT molecular complexity index is 330. The van der Waals surface area contributed by atoms with Crippen LogP contribution in [-0.4, -0.2) is 42.0 Å². The molecule has 3 aliphatic heterocycles. The van der Waals surface area contributed by atoms with Crippen LogP contribution in [0.3, 0.4) is 0 Å². The van der Waals surface area contributed by atoms with E-state index >= 15 is 0 Å². The largest absolute Gasteiger partial charge is 0.372 e. The van der Waals surface area contributed by atoms with Gasteiger partial charge in [0.15, 0.2) is 0 Å². The third-order valence-corrected chi connectivity index (χ3v) is 3.63. The van der Waals surface area contributed by atoms with Crippen LogP contribution < -0.4 is 5.73 Å². The maximum Gasteiger partial charge on any atom is 0.235 e.